The average molecular weight is 924 g/mol. The number of hydrogen-bond acceptors (Lipinski definition) is 7. The summed E-state index contributed by atoms with van der Waals surface area (Å²) in [5, 5.41) is 12.1. The van der Waals surface area contributed by atoms with E-state index < -0.39 is 117 Å². The van der Waals surface area contributed by atoms with Gasteiger partial charge < -0.3 is 5.11 Å². The number of halogens is 11. The number of phenolic OH excluding ortho intramolecular Hbond substituents is 1. The maximum absolute atomic E-state index is 15.4. The van der Waals surface area contributed by atoms with Gasteiger partial charge in [0.2, 0.25) is 11.8 Å². The van der Waals surface area contributed by atoms with Crippen LogP contribution in [0.5, 0.6) is 5.75 Å². The number of para-hydroxylation sites is 1. The lowest BCUT2D eigenvalue weighted by molar-refractivity contribution is -0.143. The smallest absolute Gasteiger partial charge is 0.417 e. The Balaban J connectivity index is 1.32. The minimum absolute atomic E-state index is 0.0544. The largest absolute Gasteiger partial charge is 0.507 e. The number of alkyl halides is 9. The van der Waals surface area contributed by atoms with E-state index in [1.807, 2.05) is 0 Å². The van der Waals surface area contributed by atoms with Gasteiger partial charge in [-0.1, -0.05) is 71.3 Å². The lowest BCUT2D eigenvalue weighted by atomic mass is 9.49. The highest BCUT2D eigenvalue weighted by molar-refractivity contribution is 6.33. The van der Waals surface area contributed by atoms with Crippen molar-refractivity contribution in [2.75, 3.05) is 10.3 Å². The summed E-state index contributed by atoms with van der Waals surface area (Å²) in [6, 6.07) is 11.2. The molecule has 63 heavy (non-hydrogen) atoms. The molecule has 6 unspecified atom stereocenters. The number of imide groups is 2. The molecule has 4 aromatic rings. The number of rotatable bonds is 7. The molecule has 2 aliphatic heterocycles. The van der Waals surface area contributed by atoms with E-state index in [0.717, 1.165) is 0 Å². The molecule has 328 valence electrons. The Morgan fingerprint density at radius 2 is 1.46 bits per heavy atom. The van der Waals surface area contributed by atoms with Crippen molar-refractivity contribution in [3.8, 4) is 5.75 Å². The molecule has 0 spiro atoms. The fourth-order valence-corrected chi connectivity index (χ4v) is 9.95. The van der Waals surface area contributed by atoms with Crippen molar-refractivity contribution in [1.82, 2.24) is 9.99 Å². The fourth-order valence-electron chi connectivity index (χ4n) is 9.61. The number of nitrogens with one attached hydrogen (secondary N) is 1. The van der Waals surface area contributed by atoms with E-state index in [0.29, 0.717) is 22.8 Å². The second-order valence-corrected chi connectivity index (χ2v) is 16.4. The number of hydrazine groups is 1. The number of pyridine rings is 1. The van der Waals surface area contributed by atoms with Crippen LogP contribution in [0.15, 0.2) is 97.2 Å². The Morgan fingerprint density at radius 1 is 0.825 bits per heavy atom. The molecule has 3 heterocycles. The quantitative estimate of drug-likeness (QED) is 0.108. The van der Waals surface area contributed by atoms with Gasteiger partial charge in [0.05, 0.1) is 50.6 Å². The first-order valence-corrected chi connectivity index (χ1v) is 19.7. The number of fused-ring (bicyclic) bond motifs is 4. The number of carbonyl (C=O) groups excluding carboxylic acids is 4. The zero-order valence-corrected chi connectivity index (χ0v) is 33.4. The molecule has 2 saturated heterocycles. The van der Waals surface area contributed by atoms with E-state index in [4.69, 9.17) is 23.2 Å². The van der Waals surface area contributed by atoms with Crippen LogP contribution in [0.25, 0.3) is 0 Å². The highest BCUT2D eigenvalue weighted by atomic mass is 35.5. The highest BCUT2D eigenvalue weighted by Crippen LogP contribution is 2.65. The first-order chi connectivity index (χ1) is 29.5. The van der Waals surface area contributed by atoms with Gasteiger partial charge in [-0.2, -0.15) is 44.5 Å². The van der Waals surface area contributed by atoms with Gasteiger partial charge in [0.1, 0.15) is 5.75 Å². The third-order valence-electron chi connectivity index (χ3n) is 12.2. The first kappa shape index (κ1) is 43.8. The summed E-state index contributed by atoms with van der Waals surface area (Å²) in [6.45, 7) is 3.72. The Morgan fingerprint density at radius 3 is 2.05 bits per heavy atom. The van der Waals surface area contributed by atoms with Crippen LogP contribution in [-0.2, 0) is 49.5 Å². The van der Waals surface area contributed by atoms with E-state index in [1.54, 1.807) is 12.1 Å². The van der Waals surface area contributed by atoms with Gasteiger partial charge in [-0.3, -0.25) is 24.6 Å². The fraction of sp³-hybridized carbons (Fsp3) is 0.279. The van der Waals surface area contributed by atoms with Crippen molar-refractivity contribution in [1.29, 1.82) is 0 Å². The van der Waals surface area contributed by atoms with Gasteiger partial charge in [0.25, 0.3) is 11.8 Å². The summed E-state index contributed by atoms with van der Waals surface area (Å²) in [4.78, 5) is 63.1. The standard InChI is InChI=1S/C43H29Cl2F9N4O5/c1-2-4-19-5-3-6-28(34(19)59)33-26-11-12-27-32(38(62)57(36(27)60)25-14-21(41(46,47)48)13-22(15-25)42(49,50)51)29(26)17-30-37(61)58(39(63)40(30,33)20-7-9-24(44)10-8-20)56-35-31(45)16-23(18-55-35)43(52,53)54/h2-3,5-11,13-16,18,27,29-30,32-33,59H,1,4,12,17H2,(H,55,56). The average Bonchev–Trinajstić information content (AvgIpc) is 3.59. The lowest BCUT2D eigenvalue weighted by Gasteiger charge is -2.50. The third-order valence-corrected chi connectivity index (χ3v) is 12.8. The summed E-state index contributed by atoms with van der Waals surface area (Å²) in [6.07, 6.45) is -12.7. The molecular weight excluding hydrogens is 894 g/mol. The monoisotopic (exact) mass is 922 g/mol. The molecule has 8 rings (SSSR count). The summed E-state index contributed by atoms with van der Waals surface area (Å²) in [5.74, 6) is -12.2. The van der Waals surface area contributed by atoms with Crippen LogP contribution in [0.1, 0.15) is 52.1 Å². The van der Waals surface area contributed by atoms with Gasteiger partial charge in [-0.05, 0) is 72.7 Å². The van der Waals surface area contributed by atoms with Crippen molar-refractivity contribution >= 4 is 58.3 Å². The Bertz CT molecular complexity index is 2620. The molecule has 2 N–H and O–H groups in total. The summed E-state index contributed by atoms with van der Waals surface area (Å²) >= 11 is 12.5. The Hall–Kier alpha value is -5.88. The number of nitrogens with zero attached hydrogens (tertiary/aromatic N) is 3. The molecule has 20 heteroatoms. The lowest BCUT2D eigenvalue weighted by Crippen LogP contribution is -2.53. The summed E-state index contributed by atoms with van der Waals surface area (Å²) in [7, 11) is 0. The van der Waals surface area contributed by atoms with Crippen LogP contribution in [-0.4, -0.2) is 38.7 Å². The van der Waals surface area contributed by atoms with Gasteiger partial charge in [-0.25, -0.2) is 9.88 Å². The number of carbonyl (C=O) groups is 4. The number of phenols is 1. The maximum atomic E-state index is 15.4. The van der Waals surface area contributed by atoms with E-state index in [9.17, 15) is 59.0 Å². The van der Waals surface area contributed by atoms with Gasteiger partial charge in [-0.15, -0.1) is 6.58 Å². The van der Waals surface area contributed by atoms with Crippen LogP contribution in [0.2, 0.25) is 10.0 Å². The second-order valence-electron chi connectivity index (χ2n) is 15.5. The Labute approximate surface area is 360 Å². The Kier molecular flexibility index (Phi) is 10.5. The molecule has 1 saturated carbocycles. The number of aromatic hydroxyl groups is 1. The van der Waals surface area contributed by atoms with Crippen molar-refractivity contribution in [2.45, 2.75) is 49.1 Å². The molecule has 0 radical (unpaired) electrons. The highest BCUT2D eigenvalue weighted by Gasteiger charge is 2.71. The summed E-state index contributed by atoms with van der Waals surface area (Å²) in [5.41, 5.74) is -4.60. The van der Waals surface area contributed by atoms with Crippen molar-refractivity contribution < 1.29 is 63.8 Å². The number of allylic oxidation sites excluding steroid dienone is 3. The van der Waals surface area contributed by atoms with Crippen LogP contribution in [0, 0.1) is 23.7 Å². The van der Waals surface area contributed by atoms with Crippen molar-refractivity contribution in [3.05, 3.63) is 141 Å². The molecule has 3 aromatic carbocycles. The maximum Gasteiger partial charge on any atom is 0.417 e. The predicted molar refractivity (Wildman–Crippen MR) is 208 cm³/mol. The van der Waals surface area contributed by atoms with E-state index in [1.165, 1.54) is 42.5 Å². The van der Waals surface area contributed by atoms with Crippen molar-refractivity contribution in [3.63, 3.8) is 0 Å². The van der Waals surface area contributed by atoms with E-state index in [2.05, 4.69) is 17.0 Å². The van der Waals surface area contributed by atoms with Crippen LogP contribution in [0.3, 0.4) is 0 Å². The molecule has 3 fully saturated rings. The van der Waals surface area contributed by atoms with Crippen LogP contribution < -0.4 is 10.3 Å². The minimum atomic E-state index is -5.32. The topological polar surface area (TPSA) is 120 Å². The molecule has 6 atom stereocenters. The predicted octanol–water partition coefficient (Wildman–Crippen LogP) is 10.1. The van der Waals surface area contributed by atoms with Crippen LogP contribution >= 0.6 is 23.2 Å². The minimum Gasteiger partial charge on any atom is -0.507 e. The van der Waals surface area contributed by atoms with E-state index in [-0.39, 0.29) is 63.4 Å². The van der Waals surface area contributed by atoms with Crippen molar-refractivity contribution in [2.24, 2.45) is 23.7 Å². The number of benzene rings is 3. The molecule has 1 aromatic heterocycles. The van der Waals surface area contributed by atoms with Gasteiger partial charge in [0.15, 0.2) is 5.82 Å². The summed E-state index contributed by atoms with van der Waals surface area (Å²) < 4.78 is 124. The number of aromatic nitrogens is 1. The zero-order valence-electron chi connectivity index (χ0n) is 31.9. The second kappa shape index (κ2) is 15.1. The molecule has 4 aliphatic rings. The molecule has 4 amide bonds. The molecule has 9 nitrogen and oxygen atoms in total. The van der Waals surface area contributed by atoms with E-state index >= 15 is 4.79 Å². The number of amides is 4. The normalized spacial score (nSPS) is 24.9. The SMILES string of the molecule is C=CCc1cccc(C2C3=CCC4C(=O)N(c5cc(C(F)(F)F)cc(C(F)(F)F)c5)C(=O)C4C3CC3C(=O)N(Nc4ncc(C(F)(F)F)cc4Cl)C(=O)C32c2ccc(Cl)cc2)c1O. The number of hydrogen-bond donors (Lipinski definition) is 2. The zero-order chi connectivity index (χ0) is 45.7. The van der Waals surface area contributed by atoms with Gasteiger partial charge >= 0.3 is 18.5 Å². The molecule has 0 bridgehead atoms. The van der Waals surface area contributed by atoms with Gasteiger partial charge in [0, 0.05) is 22.7 Å². The van der Waals surface area contributed by atoms with Crippen LogP contribution in [0.4, 0.5) is 51.0 Å². The number of anilines is 2. The first-order valence-electron chi connectivity index (χ1n) is 18.9. The third kappa shape index (κ3) is 7.01. The molecular formula is C43H29Cl2F9N4O5. The molecule has 2 aliphatic carbocycles.